The van der Waals surface area contributed by atoms with Crippen LogP contribution in [0, 0.1) is 0 Å². The highest BCUT2D eigenvalue weighted by atomic mass is 14.7. The Balaban J connectivity index is 1.80. The Morgan fingerprint density at radius 3 is 2.79 bits per heavy atom. The maximum absolute atomic E-state index is 6.47. The smallest absolute Gasteiger partial charge is 0.0270 e. The summed E-state index contributed by atoms with van der Waals surface area (Å²) in [4.78, 5) is 4.06. The molecule has 1 heterocycles. The monoisotopic (exact) mass is 252 g/mol. The van der Waals surface area contributed by atoms with E-state index in [1.807, 2.05) is 12.4 Å². The molecule has 19 heavy (non-hydrogen) atoms. The molecule has 1 aliphatic rings. The molecule has 0 bridgehead atoms. The lowest BCUT2D eigenvalue weighted by Gasteiger charge is -2.30. The molecule has 1 aliphatic carbocycles. The van der Waals surface area contributed by atoms with Gasteiger partial charge in [0.05, 0.1) is 0 Å². The molecule has 2 heteroatoms. The van der Waals surface area contributed by atoms with E-state index in [4.69, 9.17) is 5.73 Å². The number of benzene rings is 1. The minimum Gasteiger partial charge on any atom is -0.327 e. The normalized spacial score (nSPS) is 19.7. The Bertz CT molecular complexity index is 536. The number of fused-ring (bicyclic) bond motifs is 1. The van der Waals surface area contributed by atoms with Gasteiger partial charge in [-0.2, -0.15) is 0 Å². The number of pyridine rings is 1. The van der Waals surface area contributed by atoms with E-state index in [2.05, 4.69) is 41.4 Å². The van der Waals surface area contributed by atoms with E-state index in [1.165, 1.54) is 36.0 Å². The Kier molecular flexibility index (Phi) is 3.60. The molecule has 2 unspecified atom stereocenters. The lowest BCUT2D eigenvalue weighted by molar-refractivity contribution is 0.460. The third-order valence-electron chi connectivity index (χ3n) is 4.15. The van der Waals surface area contributed by atoms with Crippen LogP contribution in [-0.4, -0.2) is 11.0 Å². The fraction of sp³-hybridized carbons (Fsp3) is 0.353. The van der Waals surface area contributed by atoms with Crippen molar-refractivity contribution in [1.82, 2.24) is 4.98 Å². The summed E-state index contributed by atoms with van der Waals surface area (Å²) in [6, 6.07) is 13.1. The van der Waals surface area contributed by atoms with Crippen LogP contribution in [0.2, 0.25) is 0 Å². The Hall–Kier alpha value is -1.67. The second-order valence-corrected chi connectivity index (χ2v) is 5.42. The molecule has 98 valence electrons. The van der Waals surface area contributed by atoms with E-state index in [9.17, 15) is 0 Å². The third kappa shape index (κ3) is 2.69. The zero-order valence-electron chi connectivity index (χ0n) is 11.1. The van der Waals surface area contributed by atoms with Gasteiger partial charge in [0.25, 0.3) is 0 Å². The second kappa shape index (κ2) is 5.54. The number of hydrogen-bond donors (Lipinski definition) is 1. The van der Waals surface area contributed by atoms with Crippen LogP contribution in [0.25, 0.3) is 0 Å². The largest absolute Gasteiger partial charge is 0.327 e. The summed E-state index contributed by atoms with van der Waals surface area (Å²) >= 11 is 0. The van der Waals surface area contributed by atoms with Crippen molar-refractivity contribution in [2.75, 3.05) is 0 Å². The maximum Gasteiger partial charge on any atom is 0.0270 e. The van der Waals surface area contributed by atoms with Crippen molar-refractivity contribution >= 4 is 0 Å². The number of nitrogens with zero attached hydrogens (tertiary/aromatic N) is 1. The first-order valence-corrected chi connectivity index (χ1v) is 7.07. The Morgan fingerprint density at radius 2 is 1.95 bits per heavy atom. The van der Waals surface area contributed by atoms with Crippen LogP contribution in [0.1, 0.15) is 35.4 Å². The summed E-state index contributed by atoms with van der Waals surface area (Å²) in [5.41, 5.74) is 10.7. The average Bonchev–Trinajstić information content (AvgIpc) is 2.47. The molecule has 0 aliphatic heterocycles. The fourth-order valence-corrected chi connectivity index (χ4v) is 3.17. The SMILES string of the molecule is NC(Cc1ccncc1)C1CCCc2ccccc21. The minimum atomic E-state index is 0.198. The van der Waals surface area contributed by atoms with Crippen molar-refractivity contribution in [3.05, 3.63) is 65.5 Å². The van der Waals surface area contributed by atoms with E-state index in [0.717, 1.165) is 6.42 Å². The molecule has 2 nitrogen and oxygen atoms in total. The first kappa shape index (κ1) is 12.4. The van der Waals surface area contributed by atoms with Crippen molar-refractivity contribution in [2.24, 2.45) is 5.73 Å². The van der Waals surface area contributed by atoms with Gasteiger partial charge >= 0.3 is 0 Å². The number of nitrogens with two attached hydrogens (primary N) is 1. The molecule has 0 spiro atoms. The molecule has 0 fully saturated rings. The van der Waals surface area contributed by atoms with E-state index in [1.54, 1.807) is 0 Å². The number of aromatic nitrogens is 1. The van der Waals surface area contributed by atoms with Gasteiger partial charge in [-0.1, -0.05) is 24.3 Å². The highest BCUT2D eigenvalue weighted by Crippen LogP contribution is 2.34. The van der Waals surface area contributed by atoms with Crippen LogP contribution in [0.4, 0.5) is 0 Å². The van der Waals surface area contributed by atoms with Gasteiger partial charge in [0.2, 0.25) is 0 Å². The van der Waals surface area contributed by atoms with Gasteiger partial charge < -0.3 is 5.73 Å². The van der Waals surface area contributed by atoms with Crippen LogP contribution in [0.15, 0.2) is 48.8 Å². The molecular weight excluding hydrogens is 232 g/mol. The zero-order valence-corrected chi connectivity index (χ0v) is 11.1. The molecule has 0 saturated heterocycles. The van der Waals surface area contributed by atoms with Crippen molar-refractivity contribution in [3.8, 4) is 0 Å². The average molecular weight is 252 g/mol. The molecule has 3 rings (SSSR count). The quantitative estimate of drug-likeness (QED) is 0.911. The molecular formula is C17H20N2. The third-order valence-corrected chi connectivity index (χ3v) is 4.15. The molecule has 1 aromatic carbocycles. The zero-order chi connectivity index (χ0) is 13.1. The highest BCUT2D eigenvalue weighted by Gasteiger charge is 2.25. The van der Waals surface area contributed by atoms with E-state index >= 15 is 0 Å². The summed E-state index contributed by atoms with van der Waals surface area (Å²) in [6.45, 7) is 0. The minimum absolute atomic E-state index is 0.198. The van der Waals surface area contributed by atoms with Crippen LogP contribution in [0.3, 0.4) is 0 Å². The molecule has 0 saturated carbocycles. The van der Waals surface area contributed by atoms with Crippen molar-refractivity contribution in [1.29, 1.82) is 0 Å². The summed E-state index contributed by atoms with van der Waals surface area (Å²) in [6.07, 6.45) is 8.29. The van der Waals surface area contributed by atoms with Crippen molar-refractivity contribution in [3.63, 3.8) is 0 Å². The molecule has 0 amide bonds. The standard InChI is InChI=1S/C17H20N2/c18-17(12-13-8-10-19-11-9-13)16-7-3-5-14-4-1-2-6-15(14)16/h1-2,4,6,8-11,16-17H,3,5,7,12,18H2. The molecule has 2 atom stereocenters. The van der Waals surface area contributed by atoms with Gasteiger partial charge in [0.15, 0.2) is 0 Å². The molecule has 1 aromatic heterocycles. The van der Waals surface area contributed by atoms with E-state index in [-0.39, 0.29) is 6.04 Å². The Morgan fingerprint density at radius 1 is 1.16 bits per heavy atom. The lowest BCUT2D eigenvalue weighted by atomic mass is 9.77. The highest BCUT2D eigenvalue weighted by molar-refractivity contribution is 5.34. The van der Waals surface area contributed by atoms with Crippen molar-refractivity contribution in [2.45, 2.75) is 37.6 Å². The van der Waals surface area contributed by atoms with Gasteiger partial charge in [-0.05, 0) is 60.4 Å². The predicted octanol–water partition coefficient (Wildman–Crippen LogP) is 3.07. The maximum atomic E-state index is 6.47. The topological polar surface area (TPSA) is 38.9 Å². The van der Waals surface area contributed by atoms with Crippen LogP contribution >= 0.6 is 0 Å². The van der Waals surface area contributed by atoms with Gasteiger partial charge in [0, 0.05) is 18.4 Å². The summed E-state index contributed by atoms with van der Waals surface area (Å²) < 4.78 is 0. The van der Waals surface area contributed by atoms with E-state index in [0.29, 0.717) is 5.92 Å². The molecule has 2 aromatic rings. The van der Waals surface area contributed by atoms with Crippen LogP contribution in [-0.2, 0) is 12.8 Å². The first-order valence-electron chi connectivity index (χ1n) is 7.07. The fourth-order valence-electron chi connectivity index (χ4n) is 3.17. The number of rotatable bonds is 3. The molecule has 2 N–H and O–H groups in total. The van der Waals surface area contributed by atoms with Crippen LogP contribution < -0.4 is 5.73 Å². The lowest BCUT2D eigenvalue weighted by Crippen LogP contribution is -2.33. The van der Waals surface area contributed by atoms with Gasteiger partial charge in [-0.3, -0.25) is 4.98 Å². The van der Waals surface area contributed by atoms with Crippen molar-refractivity contribution < 1.29 is 0 Å². The van der Waals surface area contributed by atoms with Crippen LogP contribution in [0.5, 0.6) is 0 Å². The number of aryl methyl sites for hydroxylation is 1. The Labute approximate surface area is 114 Å². The number of hydrogen-bond acceptors (Lipinski definition) is 2. The molecule has 0 radical (unpaired) electrons. The predicted molar refractivity (Wildman–Crippen MR) is 78.0 cm³/mol. The first-order chi connectivity index (χ1) is 9.34. The van der Waals surface area contributed by atoms with E-state index < -0.39 is 0 Å². The second-order valence-electron chi connectivity index (χ2n) is 5.42. The summed E-state index contributed by atoms with van der Waals surface area (Å²) in [5.74, 6) is 0.498. The van der Waals surface area contributed by atoms with Gasteiger partial charge in [0.1, 0.15) is 0 Å². The summed E-state index contributed by atoms with van der Waals surface area (Å²) in [7, 11) is 0. The summed E-state index contributed by atoms with van der Waals surface area (Å²) in [5, 5.41) is 0. The van der Waals surface area contributed by atoms with Gasteiger partial charge in [-0.25, -0.2) is 0 Å². The van der Waals surface area contributed by atoms with Gasteiger partial charge in [-0.15, -0.1) is 0 Å².